The third-order valence-corrected chi connectivity index (χ3v) is 4.02. The maximum absolute atomic E-state index is 8.98. The first kappa shape index (κ1) is 12.6. The standard InChI is InChI=1S/C15H23NO/c1-15(2)9-3-4-14(15)16-10-12-5-7-13(11-17)8-6-12/h5-8,14,16-17H,3-4,9-11H2,1-2H3. The molecule has 0 radical (unpaired) electrons. The summed E-state index contributed by atoms with van der Waals surface area (Å²) < 4.78 is 0. The Morgan fingerprint density at radius 2 is 1.88 bits per heavy atom. The first-order chi connectivity index (χ1) is 8.12. The summed E-state index contributed by atoms with van der Waals surface area (Å²) in [5, 5.41) is 12.6. The van der Waals surface area contributed by atoms with Crippen molar-refractivity contribution in [1.29, 1.82) is 0 Å². The molecule has 94 valence electrons. The van der Waals surface area contributed by atoms with Gasteiger partial charge in [-0.05, 0) is 29.4 Å². The summed E-state index contributed by atoms with van der Waals surface area (Å²) in [7, 11) is 0. The van der Waals surface area contributed by atoms with Crippen molar-refractivity contribution in [3.63, 3.8) is 0 Å². The lowest BCUT2D eigenvalue weighted by Gasteiger charge is -2.28. The van der Waals surface area contributed by atoms with Crippen molar-refractivity contribution in [1.82, 2.24) is 5.32 Å². The van der Waals surface area contributed by atoms with Gasteiger partial charge in [-0.3, -0.25) is 0 Å². The van der Waals surface area contributed by atoms with E-state index in [1.54, 1.807) is 0 Å². The van der Waals surface area contributed by atoms with Gasteiger partial charge in [0.05, 0.1) is 6.61 Å². The minimum atomic E-state index is 0.128. The lowest BCUT2D eigenvalue weighted by molar-refractivity contribution is 0.281. The maximum atomic E-state index is 8.98. The summed E-state index contributed by atoms with van der Waals surface area (Å²) in [4.78, 5) is 0. The van der Waals surface area contributed by atoms with Gasteiger partial charge in [-0.1, -0.05) is 44.5 Å². The summed E-state index contributed by atoms with van der Waals surface area (Å²) in [6, 6.07) is 8.83. The third-order valence-electron chi connectivity index (χ3n) is 4.02. The van der Waals surface area contributed by atoms with Crippen LogP contribution in [0.4, 0.5) is 0 Å². The molecule has 2 heteroatoms. The van der Waals surface area contributed by atoms with Crippen LogP contribution < -0.4 is 5.32 Å². The average molecular weight is 233 g/mol. The summed E-state index contributed by atoms with van der Waals surface area (Å²) in [5.74, 6) is 0. The molecule has 0 heterocycles. The molecule has 0 aromatic heterocycles. The highest BCUT2D eigenvalue weighted by atomic mass is 16.3. The molecule has 1 aromatic rings. The Bertz CT molecular complexity index is 356. The molecule has 2 N–H and O–H groups in total. The van der Waals surface area contributed by atoms with E-state index in [-0.39, 0.29) is 6.61 Å². The molecule has 2 nitrogen and oxygen atoms in total. The Labute approximate surface area is 104 Å². The predicted octanol–water partition coefficient (Wildman–Crippen LogP) is 2.85. The van der Waals surface area contributed by atoms with Crippen molar-refractivity contribution in [2.45, 2.75) is 52.3 Å². The van der Waals surface area contributed by atoms with Gasteiger partial charge in [-0.25, -0.2) is 0 Å². The van der Waals surface area contributed by atoms with Crippen LogP contribution in [0, 0.1) is 5.41 Å². The van der Waals surface area contributed by atoms with Crippen LogP contribution in [-0.2, 0) is 13.2 Å². The Kier molecular flexibility index (Phi) is 3.85. The van der Waals surface area contributed by atoms with Crippen LogP contribution in [-0.4, -0.2) is 11.1 Å². The molecule has 0 amide bonds. The topological polar surface area (TPSA) is 32.3 Å². The van der Waals surface area contributed by atoms with E-state index in [1.807, 2.05) is 12.1 Å². The fourth-order valence-corrected chi connectivity index (χ4v) is 2.71. The third kappa shape index (κ3) is 3.08. The van der Waals surface area contributed by atoms with Crippen molar-refractivity contribution in [2.75, 3.05) is 0 Å². The zero-order valence-electron chi connectivity index (χ0n) is 10.9. The second-order valence-corrected chi connectivity index (χ2v) is 5.79. The molecule has 1 fully saturated rings. The quantitative estimate of drug-likeness (QED) is 0.838. The largest absolute Gasteiger partial charge is 0.392 e. The van der Waals surface area contributed by atoms with Gasteiger partial charge in [0.2, 0.25) is 0 Å². The molecule has 1 unspecified atom stereocenters. The monoisotopic (exact) mass is 233 g/mol. The highest BCUT2D eigenvalue weighted by Crippen LogP contribution is 2.37. The molecule has 17 heavy (non-hydrogen) atoms. The molecule has 0 bridgehead atoms. The Morgan fingerprint density at radius 1 is 1.24 bits per heavy atom. The number of hydrogen-bond donors (Lipinski definition) is 2. The summed E-state index contributed by atoms with van der Waals surface area (Å²) in [6.45, 7) is 5.77. The molecule has 0 aliphatic heterocycles. The molecule has 1 aromatic carbocycles. The van der Waals surface area contributed by atoms with E-state index in [0.29, 0.717) is 11.5 Å². The molecule has 1 aliphatic rings. The zero-order valence-corrected chi connectivity index (χ0v) is 10.9. The Hall–Kier alpha value is -0.860. The first-order valence-corrected chi connectivity index (χ1v) is 6.54. The molecule has 0 spiro atoms. The van der Waals surface area contributed by atoms with E-state index < -0.39 is 0 Å². The second kappa shape index (κ2) is 5.19. The molecule has 1 atom stereocenters. The van der Waals surface area contributed by atoms with Crippen molar-refractivity contribution >= 4 is 0 Å². The minimum Gasteiger partial charge on any atom is -0.392 e. The lowest BCUT2D eigenvalue weighted by Crippen LogP contribution is -2.37. The highest BCUT2D eigenvalue weighted by Gasteiger charge is 2.33. The number of aliphatic hydroxyl groups excluding tert-OH is 1. The van der Waals surface area contributed by atoms with Crippen LogP contribution >= 0.6 is 0 Å². The van der Waals surface area contributed by atoms with E-state index in [2.05, 4.69) is 31.3 Å². The van der Waals surface area contributed by atoms with E-state index >= 15 is 0 Å². The average Bonchev–Trinajstić information content (AvgIpc) is 2.66. The Balaban J connectivity index is 1.89. The number of rotatable bonds is 4. The van der Waals surface area contributed by atoms with Gasteiger partial charge >= 0.3 is 0 Å². The van der Waals surface area contributed by atoms with Gasteiger partial charge in [0.1, 0.15) is 0 Å². The van der Waals surface area contributed by atoms with Gasteiger partial charge in [0, 0.05) is 12.6 Å². The van der Waals surface area contributed by atoms with Crippen molar-refractivity contribution in [3.8, 4) is 0 Å². The molecule has 1 saturated carbocycles. The van der Waals surface area contributed by atoms with Gasteiger partial charge in [0.25, 0.3) is 0 Å². The lowest BCUT2D eigenvalue weighted by atomic mass is 9.87. The fraction of sp³-hybridized carbons (Fsp3) is 0.600. The van der Waals surface area contributed by atoms with Crippen LogP contribution in [0.25, 0.3) is 0 Å². The predicted molar refractivity (Wildman–Crippen MR) is 70.6 cm³/mol. The number of nitrogens with one attached hydrogen (secondary N) is 1. The van der Waals surface area contributed by atoms with Gasteiger partial charge < -0.3 is 10.4 Å². The van der Waals surface area contributed by atoms with Crippen LogP contribution in [0.3, 0.4) is 0 Å². The summed E-state index contributed by atoms with van der Waals surface area (Å²) >= 11 is 0. The van der Waals surface area contributed by atoms with Crippen LogP contribution in [0.2, 0.25) is 0 Å². The van der Waals surface area contributed by atoms with E-state index in [0.717, 1.165) is 12.1 Å². The molecule has 1 aliphatic carbocycles. The Morgan fingerprint density at radius 3 is 2.41 bits per heavy atom. The van der Waals surface area contributed by atoms with E-state index in [1.165, 1.54) is 24.8 Å². The molecular formula is C15H23NO. The second-order valence-electron chi connectivity index (χ2n) is 5.79. The first-order valence-electron chi connectivity index (χ1n) is 6.54. The fourth-order valence-electron chi connectivity index (χ4n) is 2.71. The van der Waals surface area contributed by atoms with Crippen LogP contribution in [0.15, 0.2) is 24.3 Å². The van der Waals surface area contributed by atoms with Gasteiger partial charge in [0.15, 0.2) is 0 Å². The van der Waals surface area contributed by atoms with Crippen LogP contribution in [0.1, 0.15) is 44.2 Å². The minimum absolute atomic E-state index is 0.128. The van der Waals surface area contributed by atoms with Gasteiger partial charge in [-0.2, -0.15) is 0 Å². The van der Waals surface area contributed by atoms with Crippen molar-refractivity contribution < 1.29 is 5.11 Å². The molecule has 2 rings (SSSR count). The summed E-state index contributed by atoms with van der Waals surface area (Å²) in [6.07, 6.45) is 3.96. The normalized spacial score (nSPS) is 22.9. The summed E-state index contributed by atoms with van der Waals surface area (Å²) in [5.41, 5.74) is 2.71. The smallest absolute Gasteiger partial charge is 0.0681 e. The maximum Gasteiger partial charge on any atom is 0.0681 e. The SMILES string of the molecule is CC1(C)CCCC1NCc1ccc(CO)cc1. The van der Waals surface area contributed by atoms with Gasteiger partial charge in [-0.15, -0.1) is 0 Å². The number of hydrogen-bond acceptors (Lipinski definition) is 2. The molecule has 0 saturated heterocycles. The van der Waals surface area contributed by atoms with Crippen LogP contribution in [0.5, 0.6) is 0 Å². The molecular weight excluding hydrogens is 210 g/mol. The van der Waals surface area contributed by atoms with Crippen molar-refractivity contribution in [2.24, 2.45) is 5.41 Å². The number of aliphatic hydroxyl groups is 1. The number of benzene rings is 1. The van der Waals surface area contributed by atoms with E-state index in [4.69, 9.17) is 5.11 Å². The van der Waals surface area contributed by atoms with E-state index in [9.17, 15) is 0 Å². The van der Waals surface area contributed by atoms with Crippen molar-refractivity contribution in [3.05, 3.63) is 35.4 Å². The highest BCUT2D eigenvalue weighted by molar-refractivity contribution is 5.21. The zero-order chi connectivity index (χ0) is 12.3.